The van der Waals surface area contributed by atoms with Crippen LogP contribution in [-0.2, 0) is 6.42 Å². The van der Waals surface area contributed by atoms with E-state index in [1.54, 1.807) is 6.08 Å². The molecular formula is C17H19N. The van der Waals surface area contributed by atoms with Crippen molar-refractivity contribution >= 4 is 0 Å². The molecule has 1 nitrogen and oxygen atoms in total. The van der Waals surface area contributed by atoms with E-state index in [2.05, 4.69) is 50.3 Å². The molecule has 1 aromatic rings. The molecule has 0 atom stereocenters. The number of allylic oxidation sites excluding steroid dienone is 4. The molecule has 0 spiro atoms. The number of rotatable bonds is 2. The first-order valence-electron chi connectivity index (χ1n) is 6.41. The zero-order chi connectivity index (χ0) is 13.0. The second-order valence-electron chi connectivity index (χ2n) is 5.83. The van der Waals surface area contributed by atoms with E-state index in [1.165, 1.54) is 16.7 Å². The number of nitrogens with zero attached hydrogens (tertiary/aromatic N) is 1. The highest BCUT2D eigenvalue weighted by molar-refractivity contribution is 5.35. The molecule has 0 saturated heterocycles. The lowest BCUT2D eigenvalue weighted by atomic mass is 9.74. The van der Waals surface area contributed by atoms with Gasteiger partial charge in [0.2, 0.25) is 0 Å². The minimum atomic E-state index is 0.265. The van der Waals surface area contributed by atoms with Crippen molar-refractivity contribution in [3.63, 3.8) is 0 Å². The predicted molar refractivity (Wildman–Crippen MR) is 74.9 cm³/mol. The molecule has 0 radical (unpaired) electrons. The first-order valence-corrected chi connectivity index (χ1v) is 6.41. The van der Waals surface area contributed by atoms with Crippen LogP contribution in [0.3, 0.4) is 0 Å². The molecule has 0 saturated carbocycles. The standard InChI is InChI=1S/C17H19N/c1-17(2)12-15(8-9-18)11-16(13-17)10-14-6-4-3-5-7-14/h3-8,11H,10,12-13H2,1-2H3/b15-8-. The normalized spacial score (nSPS) is 20.3. The van der Waals surface area contributed by atoms with Gasteiger partial charge in [-0.15, -0.1) is 0 Å². The Morgan fingerprint density at radius 3 is 2.61 bits per heavy atom. The highest BCUT2D eigenvalue weighted by Crippen LogP contribution is 2.38. The summed E-state index contributed by atoms with van der Waals surface area (Å²) in [6.07, 6.45) is 7.00. The van der Waals surface area contributed by atoms with Crippen LogP contribution in [0.5, 0.6) is 0 Å². The average molecular weight is 237 g/mol. The summed E-state index contributed by atoms with van der Waals surface area (Å²) in [6, 6.07) is 12.7. The Hall–Kier alpha value is -1.81. The lowest BCUT2D eigenvalue weighted by Gasteiger charge is -2.31. The SMILES string of the molecule is CC1(C)CC(Cc2ccccc2)=C/C(=C/C#N)C1. The number of benzene rings is 1. The summed E-state index contributed by atoms with van der Waals surface area (Å²) in [5, 5.41) is 8.81. The quantitative estimate of drug-likeness (QED) is 0.698. The molecule has 92 valence electrons. The van der Waals surface area contributed by atoms with Crippen LogP contribution in [0.15, 0.2) is 53.6 Å². The van der Waals surface area contributed by atoms with Crippen LogP contribution >= 0.6 is 0 Å². The number of nitriles is 1. The van der Waals surface area contributed by atoms with Gasteiger partial charge >= 0.3 is 0 Å². The Kier molecular flexibility index (Phi) is 3.67. The summed E-state index contributed by atoms with van der Waals surface area (Å²) in [7, 11) is 0. The molecule has 0 unspecified atom stereocenters. The van der Waals surface area contributed by atoms with E-state index in [0.717, 1.165) is 19.3 Å². The molecule has 0 aromatic heterocycles. The molecule has 1 aliphatic rings. The van der Waals surface area contributed by atoms with Crippen molar-refractivity contribution < 1.29 is 0 Å². The number of hydrogen-bond acceptors (Lipinski definition) is 1. The average Bonchev–Trinajstić information content (AvgIpc) is 2.28. The van der Waals surface area contributed by atoms with Crippen LogP contribution in [0.25, 0.3) is 0 Å². The van der Waals surface area contributed by atoms with Crippen LogP contribution < -0.4 is 0 Å². The van der Waals surface area contributed by atoms with Crippen LogP contribution in [0.2, 0.25) is 0 Å². The molecular weight excluding hydrogens is 218 g/mol. The summed E-state index contributed by atoms with van der Waals surface area (Å²) >= 11 is 0. The largest absolute Gasteiger partial charge is 0.193 e. The lowest BCUT2D eigenvalue weighted by molar-refractivity contribution is 0.349. The summed E-state index contributed by atoms with van der Waals surface area (Å²) in [5.74, 6) is 0. The van der Waals surface area contributed by atoms with Gasteiger partial charge in [-0.25, -0.2) is 0 Å². The van der Waals surface area contributed by atoms with Gasteiger partial charge in [0.1, 0.15) is 0 Å². The van der Waals surface area contributed by atoms with Gasteiger partial charge in [-0.3, -0.25) is 0 Å². The summed E-state index contributed by atoms with van der Waals surface area (Å²) in [6.45, 7) is 4.55. The second-order valence-corrected chi connectivity index (χ2v) is 5.83. The summed E-state index contributed by atoms with van der Waals surface area (Å²) in [4.78, 5) is 0. The molecule has 0 bridgehead atoms. The Bertz CT molecular complexity index is 512. The van der Waals surface area contributed by atoms with Crippen molar-refractivity contribution in [2.75, 3.05) is 0 Å². The Balaban J connectivity index is 2.22. The molecule has 1 heteroatoms. The monoisotopic (exact) mass is 237 g/mol. The molecule has 0 fully saturated rings. The van der Waals surface area contributed by atoms with E-state index >= 15 is 0 Å². The number of hydrogen-bond donors (Lipinski definition) is 0. The summed E-state index contributed by atoms with van der Waals surface area (Å²) in [5.41, 5.74) is 4.21. The molecule has 0 N–H and O–H groups in total. The van der Waals surface area contributed by atoms with Crippen molar-refractivity contribution in [2.45, 2.75) is 33.1 Å². The molecule has 1 aliphatic carbocycles. The zero-order valence-corrected chi connectivity index (χ0v) is 11.1. The third-order valence-corrected chi connectivity index (χ3v) is 3.30. The topological polar surface area (TPSA) is 23.8 Å². The lowest BCUT2D eigenvalue weighted by Crippen LogP contribution is -2.18. The van der Waals surface area contributed by atoms with Crippen molar-refractivity contribution in [1.82, 2.24) is 0 Å². The molecule has 1 aromatic carbocycles. The van der Waals surface area contributed by atoms with Gasteiger partial charge in [0, 0.05) is 6.08 Å². The highest BCUT2D eigenvalue weighted by atomic mass is 14.3. The maximum Gasteiger partial charge on any atom is 0.0914 e. The van der Waals surface area contributed by atoms with Gasteiger partial charge < -0.3 is 0 Å². The smallest absolute Gasteiger partial charge is 0.0914 e. The molecule has 0 amide bonds. The minimum Gasteiger partial charge on any atom is -0.193 e. The van der Waals surface area contributed by atoms with Gasteiger partial charge in [-0.1, -0.05) is 55.8 Å². The van der Waals surface area contributed by atoms with Gasteiger partial charge in [0.25, 0.3) is 0 Å². The van der Waals surface area contributed by atoms with Crippen LogP contribution in [0.1, 0.15) is 32.3 Å². The fourth-order valence-electron chi connectivity index (χ4n) is 2.74. The summed E-state index contributed by atoms with van der Waals surface area (Å²) < 4.78 is 0. The van der Waals surface area contributed by atoms with Crippen molar-refractivity contribution in [2.24, 2.45) is 5.41 Å². The fraction of sp³-hybridized carbons (Fsp3) is 0.353. The maximum atomic E-state index is 8.81. The first-order chi connectivity index (χ1) is 8.59. The third kappa shape index (κ3) is 3.34. The van der Waals surface area contributed by atoms with E-state index in [4.69, 9.17) is 5.26 Å². The van der Waals surface area contributed by atoms with Gasteiger partial charge in [-0.05, 0) is 35.8 Å². The van der Waals surface area contributed by atoms with E-state index in [1.807, 2.05) is 6.07 Å². The predicted octanol–water partition coefficient (Wildman–Crippen LogP) is 4.43. The van der Waals surface area contributed by atoms with E-state index in [0.29, 0.717) is 0 Å². The van der Waals surface area contributed by atoms with Crippen LogP contribution in [0.4, 0.5) is 0 Å². The maximum absolute atomic E-state index is 8.81. The molecule has 0 heterocycles. The Morgan fingerprint density at radius 2 is 1.94 bits per heavy atom. The van der Waals surface area contributed by atoms with E-state index in [9.17, 15) is 0 Å². The highest BCUT2D eigenvalue weighted by Gasteiger charge is 2.25. The Labute approximate surface area is 109 Å². The minimum absolute atomic E-state index is 0.265. The molecule has 18 heavy (non-hydrogen) atoms. The van der Waals surface area contributed by atoms with Gasteiger partial charge in [-0.2, -0.15) is 5.26 Å². The van der Waals surface area contributed by atoms with Crippen molar-refractivity contribution in [3.05, 3.63) is 59.2 Å². The molecule has 0 aliphatic heterocycles. The first kappa shape index (κ1) is 12.6. The van der Waals surface area contributed by atoms with Gasteiger partial charge in [0.05, 0.1) is 6.07 Å². The third-order valence-electron chi connectivity index (χ3n) is 3.30. The van der Waals surface area contributed by atoms with E-state index in [-0.39, 0.29) is 5.41 Å². The Morgan fingerprint density at radius 1 is 1.22 bits per heavy atom. The van der Waals surface area contributed by atoms with Crippen molar-refractivity contribution in [1.29, 1.82) is 5.26 Å². The van der Waals surface area contributed by atoms with Gasteiger partial charge in [0.15, 0.2) is 0 Å². The fourth-order valence-corrected chi connectivity index (χ4v) is 2.74. The second kappa shape index (κ2) is 5.23. The zero-order valence-electron chi connectivity index (χ0n) is 11.1. The van der Waals surface area contributed by atoms with Crippen LogP contribution in [0, 0.1) is 16.7 Å². The van der Waals surface area contributed by atoms with E-state index < -0.39 is 0 Å². The van der Waals surface area contributed by atoms with Crippen LogP contribution in [-0.4, -0.2) is 0 Å². The van der Waals surface area contributed by atoms with Crippen molar-refractivity contribution in [3.8, 4) is 6.07 Å². The molecule has 2 rings (SSSR count).